The molecule has 0 aromatic heterocycles. The SMILES string of the molecule is CCCCC/C=C\C[C@H](O)[C@@H](O)CCCCCCCC(=O)O[C@@H](CO)COC(=O)CCCCCCCCCCCCCCCCC(C)CC. The molecule has 0 aromatic rings. The number of allylic oxidation sites excluding steroid dienone is 1. The van der Waals surface area contributed by atoms with E-state index in [0.29, 0.717) is 25.7 Å². The number of hydrogen-bond acceptors (Lipinski definition) is 7. The molecule has 49 heavy (non-hydrogen) atoms. The fourth-order valence-corrected chi connectivity index (χ4v) is 6.08. The molecule has 7 heteroatoms. The lowest BCUT2D eigenvalue weighted by molar-refractivity contribution is -0.161. The van der Waals surface area contributed by atoms with Gasteiger partial charge in [0.05, 0.1) is 18.8 Å². The summed E-state index contributed by atoms with van der Waals surface area (Å²) in [5.74, 6) is 0.199. The molecular formula is C42H80O7. The molecule has 0 heterocycles. The molecule has 1 unspecified atom stereocenters. The van der Waals surface area contributed by atoms with Crippen LogP contribution in [0.1, 0.15) is 207 Å². The summed E-state index contributed by atoms with van der Waals surface area (Å²) in [4.78, 5) is 24.3. The summed E-state index contributed by atoms with van der Waals surface area (Å²) in [6.45, 7) is 6.35. The van der Waals surface area contributed by atoms with Crippen LogP contribution < -0.4 is 0 Å². The van der Waals surface area contributed by atoms with Crippen LogP contribution >= 0.6 is 0 Å². The maximum absolute atomic E-state index is 12.2. The van der Waals surface area contributed by atoms with Crippen LogP contribution in [0.25, 0.3) is 0 Å². The monoisotopic (exact) mass is 697 g/mol. The Kier molecular flexibility index (Phi) is 35.3. The third-order valence-electron chi connectivity index (χ3n) is 9.80. The molecule has 0 rings (SSSR count). The zero-order valence-corrected chi connectivity index (χ0v) is 32.4. The fourth-order valence-electron chi connectivity index (χ4n) is 6.08. The van der Waals surface area contributed by atoms with Crippen molar-refractivity contribution in [2.45, 2.75) is 225 Å². The molecule has 4 atom stereocenters. The van der Waals surface area contributed by atoms with Crippen molar-refractivity contribution in [2.24, 2.45) is 5.92 Å². The molecule has 3 N–H and O–H groups in total. The molecular weight excluding hydrogens is 616 g/mol. The van der Waals surface area contributed by atoms with Crippen molar-refractivity contribution in [3.8, 4) is 0 Å². The molecule has 0 saturated heterocycles. The average Bonchev–Trinajstić information content (AvgIpc) is 3.10. The van der Waals surface area contributed by atoms with Gasteiger partial charge in [0, 0.05) is 12.8 Å². The van der Waals surface area contributed by atoms with E-state index < -0.39 is 18.3 Å². The van der Waals surface area contributed by atoms with E-state index in [9.17, 15) is 24.9 Å². The average molecular weight is 697 g/mol. The van der Waals surface area contributed by atoms with E-state index in [0.717, 1.165) is 57.3 Å². The van der Waals surface area contributed by atoms with Gasteiger partial charge in [-0.05, 0) is 44.4 Å². The second-order valence-electron chi connectivity index (χ2n) is 14.6. The Bertz CT molecular complexity index is 755. The van der Waals surface area contributed by atoms with Gasteiger partial charge in [0.25, 0.3) is 0 Å². The molecule has 0 aliphatic carbocycles. The lowest BCUT2D eigenvalue weighted by Gasteiger charge is -2.16. The number of rotatable bonds is 37. The van der Waals surface area contributed by atoms with Gasteiger partial charge in [-0.2, -0.15) is 0 Å². The molecule has 0 fully saturated rings. The van der Waals surface area contributed by atoms with Crippen LogP contribution in [-0.2, 0) is 19.1 Å². The molecule has 0 radical (unpaired) electrons. The summed E-state index contributed by atoms with van der Waals surface area (Å²) in [5, 5.41) is 29.9. The molecule has 0 saturated carbocycles. The van der Waals surface area contributed by atoms with Crippen LogP contribution in [0.5, 0.6) is 0 Å². The van der Waals surface area contributed by atoms with Crippen molar-refractivity contribution in [2.75, 3.05) is 13.2 Å². The predicted octanol–water partition coefficient (Wildman–Crippen LogP) is 10.7. The van der Waals surface area contributed by atoms with E-state index in [1.54, 1.807) is 0 Å². The fraction of sp³-hybridized carbons (Fsp3) is 0.905. The van der Waals surface area contributed by atoms with Crippen LogP contribution in [-0.4, -0.2) is 58.8 Å². The Morgan fingerprint density at radius 3 is 1.59 bits per heavy atom. The number of esters is 2. The van der Waals surface area contributed by atoms with Gasteiger partial charge in [-0.25, -0.2) is 0 Å². The largest absolute Gasteiger partial charge is 0.462 e. The van der Waals surface area contributed by atoms with E-state index in [2.05, 4.69) is 26.8 Å². The van der Waals surface area contributed by atoms with Crippen LogP contribution in [0, 0.1) is 5.92 Å². The lowest BCUT2D eigenvalue weighted by atomic mass is 9.99. The van der Waals surface area contributed by atoms with Gasteiger partial charge < -0.3 is 24.8 Å². The molecule has 0 amide bonds. The number of carbonyl (C=O) groups excluding carboxylic acids is 2. The molecule has 0 bridgehead atoms. The van der Waals surface area contributed by atoms with Gasteiger partial charge in [0.2, 0.25) is 0 Å². The smallest absolute Gasteiger partial charge is 0.306 e. The van der Waals surface area contributed by atoms with E-state index >= 15 is 0 Å². The van der Waals surface area contributed by atoms with Crippen LogP contribution in [0.15, 0.2) is 12.2 Å². The minimum absolute atomic E-state index is 0.109. The summed E-state index contributed by atoms with van der Waals surface area (Å²) < 4.78 is 10.6. The van der Waals surface area contributed by atoms with Crippen molar-refractivity contribution in [1.29, 1.82) is 0 Å². The number of ether oxygens (including phenoxy) is 2. The summed E-state index contributed by atoms with van der Waals surface area (Å²) in [6.07, 6.45) is 32.9. The first kappa shape index (κ1) is 47.6. The second-order valence-corrected chi connectivity index (χ2v) is 14.6. The standard InChI is InChI=1S/C42H80O7/c1-4-6-7-8-21-26-31-39(44)40(45)32-27-22-19-24-29-34-42(47)49-38(35-43)36-48-41(46)33-28-23-18-16-14-12-10-9-11-13-15-17-20-25-30-37(3)5-2/h21,26,37-40,43-45H,4-20,22-25,27-36H2,1-3H3/b26-21-/t37?,38-,39-,40-/m0/s1. The zero-order valence-electron chi connectivity index (χ0n) is 32.4. The first-order chi connectivity index (χ1) is 23.8. The highest BCUT2D eigenvalue weighted by Gasteiger charge is 2.17. The topological polar surface area (TPSA) is 113 Å². The van der Waals surface area contributed by atoms with Crippen LogP contribution in [0.4, 0.5) is 0 Å². The molecule has 0 aromatic carbocycles. The highest BCUT2D eigenvalue weighted by Crippen LogP contribution is 2.17. The number of aliphatic hydroxyl groups excluding tert-OH is 3. The van der Waals surface area contributed by atoms with E-state index in [1.165, 1.54) is 103 Å². The summed E-state index contributed by atoms with van der Waals surface area (Å²) in [6, 6.07) is 0. The van der Waals surface area contributed by atoms with Crippen molar-refractivity contribution < 1.29 is 34.4 Å². The number of hydrogen-bond donors (Lipinski definition) is 3. The van der Waals surface area contributed by atoms with Gasteiger partial charge in [0.1, 0.15) is 6.61 Å². The Labute approximate surface area is 302 Å². The summed E-state index contributed by atoms with van der Waals surface area (Å²) >= 11 is 0. The Morgan fingerprint density at radius 1 is 0.592 bits per heavy atom. The highest BCUT2D eigenvalue weighted by molar-refractivity contribution is 5.70. The summed E-state index contributed by atoms with van der Waals surface area (Å²) in [5.41, 5.74) is 0. The Hall–Kier alpha value is -1.44. The Morgan fingerprint density at radius 2 is 1.08 bits per heavy atom. The van der Waals surface area contributed by atoms with E-state index in [4.69, 9.17) is 9.47 Å². The maximum Gasteiger partial charge on any atom is 0.306 e. The summed E-state index contributed by atoms with van der Waals surface area (Å²) in [7, 11) is 0. The molecule has 0 spiro atoms. The van der Waals surface area contributed by atoms with Gasteiger partial charge >= 0.3 is 11.9 Å². The van der Waals surface area contributed by atoms with Crippen molar-refractivity contribution in [1.82, 2.24) is 0 Å². The minimum Gasteiger partial charge on any atom is -0.462 e. The molecule has 0 aliphatic heterocycles. The van der Waals surface area contributed by atoms with Crippen molar-refractivity contribution in [3.63, 3.8) is 0 Å². The maximum atomic E-state index is 12.2. The molecule has 290 valence electrons. The third-order valence-corrected chi connectivity index (χ3v) is 9.80. The molecule has 0 aliphatic rings. The van der Waals surface area contributed by atoms with Crippen LogP contribution in [0.3, 0.4) is 0 Å². The van der Waals surface area contributed by atoms with E-state index in [-0.39, 0.29) is 31.6 Å². The Balaban J connectivity index is 3.63. The first-order valence-corrected chi connectivity index (χ1v) is 20.8. The minimum atomic E-state index is -0.824. The number of aliphatic hydroxyl groups is 3. The predicted molar refractivity (Wildman–Crippen MR) is 203 cm³/mol. The van der Waals surface area contributed by atoms with Gasteiger partial charge in [0.15, 0.2) is 6.10 Å². The van der Waals surface area contributed by atoms with E-state index in [1.807, 2.05) is 6.08 Å². The number of unbranched alkanes of at least 4 members (excludes halogenated alkanes) is 20. The third kappa shape index (κ3) is 33.5. The van der Waals surface area contributed by atoms with Crippen molar-refractivity contribution >= 4 is 11.9 Å². The molecule has 7 nitrogen and oxygen atoms in total. The lowest BCUT2D eigenvalue weighted by Crippen LogP contribution is -2.28. The highest BCUT2D eigenvalue weighted by atomic mass is 16.6. The van der Waals surface area contributed by atoms with Gasteiger partial charge in [-0.15, -0.1) is 0 Å². The second kappa shape index (κ2) is 36.4. The normalized spacial score (nSPS) is 14.2. The van der Waals surface area contributed by atoms with Gasteiger partial charge in [-0.3, -0.25) is 9.59 Å². The van der Waals surface area contributed by atoms with Gasteiger partial charge in [-0.1, -0.05) is 168 Å². The number of carbonyl (C=O) groups is 2. The van der Waals surface area contributed by atoms with Crippen LogP contribution in [0.2, 0.25) is 0 Å². The van der Waals surface area contributed by atoms with Crippen molar-refractivity contribution in [3.05, 3.63) is 12.2 Å². The quantitative estimate of drug-likeness (QED) is 0.0336. The first-order valence-electron chi connectivity index (χ1n) is 20.8. The zero-order chi connectivity index (χ0) is 36.2.